The maximum Gasteiger partial charge on any atom is 0.519 e. The molecule has 0 saturated carbocycles. The molecular weight excluding hydrogens is 408 g/mol. The Balaban J connectivity index is 0.000000181. The fourth-order valence-corrected chi connectivity index (χ4v) is 2.38. The fourth-order valence-electron chi connectivity index (χ4n) is 2.38. The maximum atomic E-state index is 11.3. The van der Waals surface area contributed by atoms with Crippen molar-refractivity contribution in [2.24, 2.45) is 0 Å². The van der Waals surface area contributed by atoms with E-state index in [1.165, 1.54) is 0 Å². The molecule has 0 spiro atoms. The largest absolute Gasteiger partial charge is 0.519 e. The van der Waals surface area contributed by atoms with E-state index in [-0.39, 0.29) is 0 Å². The smallest absolute Gasteiger partial charge is 0.395 e. The van der Waals surface area contributed by atoms with Crippen molar-refractivity contribution < 1.29 is 28.5 Å². The Kier molecular flexibility index (Phi) is 8.43. The first-order valence-electron chi connectivity index (χ1n) is 9.68. The number of para-hydroxylation sites is 4. The second kappa shape index (κ2) is 12.2. The maximum absolute atomic E-state index is 11.3. The van der Waals surface area contributed by atoms with Gasteiger partial charge in [-0.3, -0.25) is 0 Å². The van der Waals surface area contributed by atoms with Crippen LogP contribution in [0.5, 0.6) is 23.0 Å². The zero-order chi connectivity index (χ0) is 22.4. The minimum Gasteiger partial charge on any atom is -0.395 e. The van der Waals surface area contributed by atoms with Crippen LogP contribution in [0.2, 0.25) is 0 Å². The lowest BCUT2D eigenvalue weighted by atomic mass is 10.3. The molecule has 6 heteroatoms. The van der Waals surface area contributed by atoms with Gasteiger partial charge in [0.25, 0.3) is 0 Å². The van der Waals surface area contributed by atoms with E-state index in [0.29, 0.717) is 23.0 Å². The lowest BCUT2D eigenvalue weighted by Gasteiger charge is -2.04. The van der Waals surface area contributed by atoms with E-state index < -0.39 is 12.3 Å². The summed E-state index contributed by atoms with van der Waals surface area (Å²) in [6.45, 7) is 0. The van der Waals surface area contributed by atoms with Crippen LogP contribution >= 0.6 is 0 Å². The molecule has 4 rings (SSSR count). The molecule has 0 aromatic heterocycles. The van der Waals surface area contributed by atoms with Crippen molar-refractivity contribution in [3.8, 4) is 23.0 Å². The van der Waals surface area contributed by atoms with Crippen LogP contribution in [0.25, 0.3) is 0 Å². The summed E-state index contributed by atoms with van der Waals surface area (Å²) in [5, 5.41) is 0. The number of ether oxygens (including phenoxy) is 4. The predicted molar refractivity (Wildman–Crippen MR) is 119 cm³/mol. The van der Waals surface area contributed by atoms with E-state index in [1.807, 2.05) is 24.3 Å². The molecule has 0 aliphatic carbocycles. The summed E-state index contributed by atoms with van der Waals surface area (Å²) < 4.78 is 19.8. The average molecular weight is 428 g/mol. The van der Waals surface area contributed by atoms with E-state index in [1.54, 1.807) is 97.1 Å². The number of benzene rings is 4. The van der Waals surface area contributed by atoms with Crippen LogP contribution in [0, 0.1) is 0 Å². The van der Waals surface area contributed by atoms with Crippen LogP contribution in [0.15, 0.2) is 121 Å². The van der Waals surface area contributed by atoms with Crippen LogP contribution in [0.3, 0.4) is 0 Å². The van der Waals surface area contributed by atoms with Crippen molar-refractivity contribution in [2.75, 3.05) is 0 Å². The standard InChI is InChI=1S/2C13H10O3/c2*14-13(15-11-7-3-1-4-8-11)16-12-9-5-2-6-10-12/h2*1-10H. The summed E-state index contributed by atoms with van der Waals surface area (Å²) in [5.41, 5.74) is 0. The first-order chi connectivity index (χ1) is 15.7. The molecule has 0 N–H and O–H groups in total. The lowest BCUT2D eigenvalue weighted by Crippen LogP contribution is -2.13. The molecule has 32 heavy (non-hydrogen) atoms. The molecule has 0 bridgehead atoms. The Morgan fingerprint density at radius 1 is 0.344 bits per heavy atom. The SMILES string of the molecule is O=C(Oc1ccccc1)Oc1ccccc1.O=C(Oc1ccccc1)Oc1ccccc1. The molecule has 0 radical (unpaired) electrons. The number of hydrogen-bond donors (Lipinski definition) is 0. The van der Waals surface area contributed by atoms with Crippen molar-refractivity contribution in [1.82, 2.24) is 0 Å². The van der Waals surface area contributed by atoms with Gasteiger partial charge in [-0.05, 0) is 48.5 Å². The van der Waals surface area contributed by atoms with Gasteiger partial charge in [-0.15, -0.1) is 0 Å². The third kappa shape index (κ3) is 8.04. The van der Waals surface area contributed by atoms with Gasteiger partial charge in [-0.25, -0.2) is 9.59 Å². The Bertz CT molecular complexity index is 906. The third-order valence-electron chi connectivity index (χ3n) is 3.78. The molecule has 0 fully saturated rings. The van der Waals surface area contributed by atoms with Gasteiger partial charge in [-0.1, -0.05) is 72.8 Å². The molecule has 4 aromatic carbocycles. The molecule has 0 amide bonds. The van der Waals surface area contributed by atoms with Gasteiger partial charge < -0.3 is 18.9 Å². The van der Waals surface area contributed by atoms with Crippen LogP contribution < -0.4 is 18.9 Å². The molecule has 0 atom stereocenters. The average Bonchev–Trinajstić information content (AvgIpc) is 2.82. The van der Waals surface area contributed by atoms with Gasteiger partial charge in [-0.2, -0.15) is 0 Å². The normalized spacial score (nSPS) is 9.50. The number of carbonyl (C=O) groups excluding carboxylic acids is 2. The van der Waals surface area contributed by atoms with E-state index >= 15 is 0 Å². The second-order valence-corrected chi connectivity index (χ2v) is 6.16. The highest BCUT2D eigenvalue weighted by atomic mass is 16.7. The first kappa shape index (κ1) is 22.1. The van der Waals surface area contributed by atoms with Crippen molar-refractivity contribution in [3.63, 3.8) is 0 Å². The highest BCUT2D eigenvalue weighted by molar-refractivity contribution is 5.67. The monoisotopic (exact) mass is 428 g/mol. The minimum absolute atomic E-state index is 0.462. The lowest BCUT2D eigenvalue weighted by molar-refractivity contribution is 0.150. The van der Waals surface area contributed by atoms with Crippen LogP contribution in [0.4, 0.5) is 9.59 Å². The first-order valence-corrected chi connectivity index (χ1v) is 9.68. The molecule has 0 aliphatic rings. The number of carbonyl (C=O) groups is 2. The topological polar surface area (TPSA) is 71.1 Å². The zero-order valence-corrected chi connectivity index (χ0v) is 17.0. The zero-order valence-electron chi connectivity index (χ0n) is 17.0. The molecule has 160 valence electrons. The van der Waals surface area contributed by atoms with E-state index in [2.05, 4.69) is 0 Å². The summed E-state index contributed by atoms with van der Waals surface area (Å²) in [6, 6.07) is 35.1. The minimum atomic E-state index is -0.739. The Hall–Kier alpha value is -4.58. The number of hydrogen-bond acceptors (Lipinski definition) is 6. The molecule has 6 nitrogen and oxygen atoms in total. The van der Waals surface area contributed by atoms with Crippen molar-refractivity contribution in [3.05, 3.63) is 121 Å². The summed E-state index contributed by atoms with van der Waals surface area (Å²) in [4.78, 5) is 22.7. The van der Waals surface area contributed by atoms with Gasteiger partial charge in [0, 0.05) is 0 Å². The molecule has 0 aliphatic heterocycles. The van der Waals surface area contributed by atoms with Gasteiger partial charge >= 0.3 is 12.3 Å². The van der Waals surface area contributed by atoms with Crippen molar-refractivity contribution in [2.45, 2.75) is 0 Å². The Morgan fingerprint density at radius 3 is 0.719 bits per heavy atom. The highest BCUT2D eigenvalue weighted by Crippen LogP contribution is 2.14. The van der Waals surface area contributed by atoms with E-state index in [9.17, 15) is 9.59 Å². The fraction of sp³-hybridized carbons (Fsp3) is 0. The molecule has 0 heterocycles. The summed E-state index contributed by atoms with van der Waals surface area (Å²) in [6.07, 6.45) is -1.48. The van der Waals surface area contributed by atoms with Crippen LogP contribution in [-0.4, -0.2) is 12.3 Å². The van der Waals surface area contributed by atoms with E-state index in [0.717, 1.165) is 0 Å². The van der Waals surface area contributed by atoms with Gasteiger partial charge in [0.1, 0.15) is 23.0 Å². The molecule has 0 unspecified atom stereocenters. The van der Waals surface area contributed by atoms with Gasteiger partial charge in [0.2, 0.25) is 0 Å². The van der Waals surface area contributed by atoms with E-state index in [4.69, 9.17) is 18.9 Å². The van der Waals surface area contributed by atoms with Crippen LogP contribution in [0.1, 0.15) is 0 Å². The summed E-state index contributed by atoms with van der Waals surface area (Å²) in [7, 11) is 0. The summed E-state index contributed by atoms with van der Waals surface area (Å²) >= 11 is 0. The second-order valence-electron chi connectivity index (χ2n) is 6.16. The van der Waals surface area contributed by atoms with Gasteiger partial charge in [0.05, 0.1) is 0 Å². The number of rotatable bonds is 4. The summed E-state index contributed by atoms with van der Waals surface area (Å²) in [5.74, 6) is 1.85. The van der Waals surface area contributed by atoms with Crippen molar-refractivity contribution >= 4 is 12.3 Å². The third-order valence-corrected chi connectivity index (χ3v) is 3.78. The predicted octanol–water partition coefficient (Wildman–Crippen LogP) is 6.53. The Labute approximate surface area is 185 Å². The molecule has 4 aromatic rings. The van der Waals surface area contributed by atoms with Crippen molar-refractivity contribution in [1.29, 1.82) is 0 Å². The Morgan fingerprint density at radius 2 is 0.531 bits per heavy atom. The molecule has 0 saturated heterocycles. The van der Waals surface area contributed by atoms with Crippen LogP contribution in [-0.2, 0) is 0 Å². The highest BCUT2D eigenvalue weighted by Gasteiger charge is 2.07. The van der Waals surface area contributed by atoms with Gasteiger partial charge in [0.15, 0.2) is 0 Å². The molecular formula is C26H20O6. The quantitative estimate of drug-likeness (QED) is 0.272.